The number of hydrogen-bond donors (Lipinski definition) is 1. The Kier molecular flexibility index (Phi) is 5.28. The molecule has 0 aromatic heterocycles. The zero-order valence-corrected chi connectivity index (χ0v) is 13.6. The van der Waals surface area contributed by atoms with Gasteiger partial charge in [0.25, 0.3) is 0 Å². The first-order valence-electron chi connectivity index (χ1n) is 8.32. The minimum absolute atomic E-state index is 0.0225. The average molecular weight is 295 g/mol. The summed E-state index contributed by atoms with van der Waals surface area (Å²) in [5, 5.41) is 3.23. The maximum atomic E-state index is 12.6. The fourth-order valence-corrected chi connectivity index (χ4v) is 3.92. The van der Waals surface area contributed by atoms with E-state index >= 15 is 0 Å². The molecule has 21 heavy (non-hydrogen) atoms. The first-order valence-corrected chi connectivity index (χ1v) is 8.32. The summed E-state index contributed by atoms with van der Waals surface area (Å²) in [5.41, 5.74) is 0.117. The topological polar surface area (TPSA) is 55.4 Å². The van der Waals surface area contributed by atoms with Crippen molar-refractivity contribution in [1.29, 1.82) is 0 Å². The van der Waals surface area contributed by atoms with Gasteiger partial charge in [-0.1, -0.05) is 26.7 Å². The van der Waals surface area contributed by atoms with Gasteiger partial charge in [0.15, 0.2) is 0 Å². The van der Waals surface area contributed by atoms with Crippen molar-refractivity contribution in [2.75, 3.05) is 7.11 Å². The summed E-state index contributed by atoms with van der Waals surface area (Å²) in [6.45, 7) is 4.43. The summed E-state index contributed by atoms with van der Waals surface area (Å²) in [5.74, 6) is 0.285. The zero-order valence-electron chi connectivity index (χ0n) is 13.6. The number of carbonyl (C=O) groups is 2. The van der Waals surface area contributed by atoms with Gasteiger partial charge >= 0.3 is 5.97 Å². The van der Waals surface area contributed by atoms with Crippen molar-refractivity contribution >= 4 is 11.9 Å². The summed E-state index contributed by atoms with van der Waals surface area (Å²) >= 11 is 0. The van der Waals surface area contributed by atoms with E-state index in [1.165, 1.54) is 13.5 Å². The standard InChI is InChI=1S/C17H29NO3/c1-17(2)11-5-4-6-14(17)15(19)18-13-9-7-12(8-10-13)16(20)21-3/h12-14H,4-11H2,1-3H3,(H,18,19). The third-order valence-electron chi connectivity index (χ3n) is 5.43. The van der Waals surface area contributed by atoms with E-state index in [9.17, 15) is 9.59 Å². The number of rotatable bonds is 3. The van der Waals surface area contributed by atoms with Crippen LogP contribution in [0.15, 0.2) is 0 Å². The van der Waals surface area contributed by atoms with E-state index in [0.717, 1.165) is 44.9 Å². The predicted molar refractivity (Wildman–Crippen MR) is 81.6 cm³/mol. The Bertz CT molecular complexity index is 383. The van der Waals surface area contributed by atoms with Crippen LogP contribution < -0.4 is 5.32 Å². The number of ether oxygens (including phenoxy) is 1. The van der Waals surface area contributed by atoms with Crippen LogP contribution >= 0.6 is 0 Å². The molecule has 0 aromatic carbocycles. The molecule has 0 bridgehead atoms. The van der Waals surface area contributed by atoms with E-state index in [1.807, 2.05) is 0 Å². The molecule has 2 fully saturated rings. The molecule has 0 spiro atoms. The van der Waals surface area contributed by atoms with Crippen molar-refractivity contribution in [3.05, 3.63) is 0 Å². The molecule has 2 aliphatic rings. The van der Waals surface area contributed by atoms with Crippen LogP contribution in [0.4, 0.5) is 0 Å². The molecule has 0 aliphatic heterocycles. The van der Waals surface area contributed by atoms with Gasteiger partial charge < -0.3 is 10.1 Å². The van der Waals surface area contributed by atoms with Gasteiger partial charge in [-0.2, -0.15) is 0 Å². The Morgan fingerprint density at radius 2 is 1.71 bits per heavy atom. The highest BCUT2D eigenvalue weighted by Gasteiger charge is 2.38. The third-order valence-corrected chi connectivity index (χ3v) is 5.43. The molecule has 0 saturated heterocycles. The Hall–Kier alpha value is -1.06. The van der Waals surface area contributed by atoms with Gasteiger partial charge in [-0.3, -0.25) is 9.59 Å². The molecule has 0 heterocycles. The summed E-state index contributed by atoms with van der Waals surface area (Å²) in [7, 11) is 1.45. The Labute approximate surface area is 128 Å². The molecule has 2 aliphatic carbocycles. The lowest BCUT2D eigenvalue weighted by atomic mass is 9.68. The average Bonchev–Trinajstić information content (AvgIpc) is 2.46. The lowest BCUT2D eigenvalue weighted by Crippen LogP contribution is -2.46. The molecule has 1 amide bonds. The molecule has 1 N–H and O–H groups in total. The van der Waals surface area contributed by atoms with Crippen LogP contribution in [0.25, 0.3) is 0 Å². The van der Waals surface area contributed by atoms with Crippen LogP contribution in [0.5, 0.6) is 0 Å². The first kappa shape index (κ1) is 16.3. The smallest absolute Gasteiger partial charge is 0.308 e. The molecule has 4 heteroatoms. The van der Waals surface area contributed by atoms with E-state index < -0.39 is 0 Å². The second-order valence-electron chi connectivity index (χ2n) is 7.37. The summed E-state index contributed by atoms with van der Waals surface area (Å²) in [6, 6.07) is 0.233. The van der Waals surface area contributed by atoms with Gasteiger partial charge in [0.05, 0.1) is 13.0 Å². The molecule has 0 aromatic rings. The van der Waals surface area contributed by atoms with E-state index in [1.54, 1.807) is 0 Å². The molecule has 120 valence electrons. The minimum atomic E-state index is -0.104. The number of esters is 1. The van der Waals surface area contributed by atoms with Crippen molar-refractivity contribution in [3.63, 3.8) is 0 Å². The fraction of sp³-hybridized carbons (Fsp3) is 0.882. The molecule has 1 atom stereocenters. The quantitative estimate of drug-likeness (QED) is 0.814. The molecule has 0 radical (unpaired) electrons. The van der Waals surface area contributed by atoms with Crippen molar-refractivity contribution < 1.29 is 14.3 Å². The first-order chi connectivity index (χ1) is 9.94. The van der Waals surface area contributed by atoms with Gasteiger partial charge in [-0.05, 0) is 43.9 Å². The van der Waals surface area contributed by atoms with E-state index in [-0.39, 0.29) is 35.2 Å². The summed E-state index contributed by atoms with van der Waals surface area (Å²) in [6.07, 6.45) is 7.97. The molecule has 4 nitrogen and oxygen atoms in total. The van der Waals surface area contributed by atoms with E-state index in [2.05, 4.69) is 19.2 Å². The van der Waals surface area contributed by atoms with Crippen molar-refractivity contribution in [2.45, 2.75) is 71.3 Å². The van der Waals surface area contributed by atoms with E-state index in [4.69, 9.17) is 4.74 Å². The molecule has 2 saturated carbocycles. The predicted octanol–water partition coefficient (Wildman–Crippen LogP) is 3.05. The van der Waals surface area contributed by atoms with Crippen LogP contribution in [0.1, 0.15) is 65.2 Å². The number of hydrogen-bond acceptors (Lipinski definition) is 3. The zero-order chi connectivity index (χ0) is 15.5. The van der Waals surface area contributed by atoms with Gasteiger partial charge in [0.2, 0.25) is 5.91 Å². The van der Waals surface area contributed by atoms with Crippen LogP contribution in [0.3, 0.4) is 0 Å². The Morgan fingerprint density at radius 1 is 1.05 bits per heavy atom. The Balaban J connectivity index is 1.83. The SMILES string of the molecule is COC(=O)C1CCC(NC(=O)C2CCCCC2(C)C)CC1. The van der Waals surface area contributed by atoms with Crippen molar-refractivity contribution in [2.24, 2.45) is 17.3 Å². The summed E-state index contributed by atoms with van der Waals surface area (Å²) in [4.78, 5) is 24.1. The molecular weight excluding hydrogens is 266 g/mol. The van der Waals surface area contributed by atoms with Gasteiger partial charge in [0, 0.05) is 12.0 Å². The minimum Gasteiger partial charge on any atom is -0.469 e. The maximum Gasteiger partial charge on any atom is 0.308 e. The lowest BCUT2D eigenvalue weighted by molar-refractivity contribution is -0.146. The monoisotopic (exact) mass is 295 g/mol. The van der Waals surface area contributed by atoms with Gasteiger partial charge in [-0.15, -0.1) is 0 Å². The number of nitrogens with one attached hydrogen (secondary N) is 1. The number of amides is 1. The maximum absolute atomic E-state index is 12.6. The number of methoxy groups -OCH3 is 1. The van der Waals surface area contributed by atoms with Crippen molar-refractivity contribution in [3.8, 4) is 0 Å². The highest BCUT2D eigenvalue weighted by atomic mass is 16.5. The van der Waals surface area contributed by atoms with Crippen LogP contribution in [-0.2, 0) is 14.3 Å². The summed E-state index contributed by atoms with van der Waals surface area (Å²) < 4.78 is 4.80. The highest BCUT2D eigenvalue weighted by molar-refractivity contribution is 5.80. The van der Waals surface area contributed by atoms with Gasteiger partial charge in [0.1, 0.15) is 0 Å². The van der Waals surface area contributed by atoms with Crippen LogP contribution in [-0.4, -0.2) is 25.0 Å². The Morgan fingerprint density at radius 3 is 2.29 bits per heavy atom. The normalized spacial score (nSPS) is 32.2. The van der Waals surface area contributed by atoms with Gasteiger partial charge in [-0.25, -0.2) is 0 Å². The number of carbonyl (C=O) groups excluding carboxylic acids is 2. The second-order valence-corrected chi connectivity index (χ2v) is 7.37. The molecule has 1 unspecified atom stereocenters. The van der Waals surface area contributed by atoms with Crippen molar-refractivity contribution in [1.82, 2.24) is 5.32 Å². The fourth-order valence-electron chi connectivity index (χ4n) is 3.92. The molecule has 2 rings (SSSR count). The van der Waals surface area contributed by atoms with Crippen LogP contribution in [0.2, 0.25) is 0 Å². The third kappa shape index (κ3) is 3.98. The van der Waals surface area contributed by atoms with E-state index in [0.29, 0.717) is 0 Å². The molecular formula is C17H29NO3. The van der Waals surface area contributed by atoms with Crippen LogP contribution in [0, 0.1) is 17.3 Å². The largest absolute Gasteiger partial charge is 0.469 e. The highest BCUT2D eigenvalue weighted by Crippen LogP contribution is 2.40. The lowest BCUT2D eigenvalue weighted by Gasteiger charge is -2.39. The second kappa shape index (κ2) is 6.80.